The number of benzene rings is 5. The van der Waals surface area contributed by atoms with E-state index in [1.54, 1.807) is 18.2 Å². The Kier molecular flexibility index (Phi) is 9.32. The van der Waals surface area contributed by atoms with E-state index < -0.39 is 29.1 Å². The van der Waals surface area contributed by atoms with E-state index >= 15 is 0 Å². The number of carboxylic acids is 1. The second kappa shape index (κ2) is 14.1. The lowest BCUT2D eigenvalue weighted by molar-refractivity contribution is -0.384. The summed E-state index contributed by atoms with van der Waals surface area (Å²) in [6.45, 7) is -3.37. The molecule has 51 heavy (non-hydrogen) atoms. The van der Waals surface area contributed by atoms with E-state index in [1.165, 1.54) is 47.0 Å². The number of nitro benzene ring substituents is 1. The summed E-state index contributed by atoms with van der Waals surface area (Å²) in [6, 6.07) is 41.0. The Morgan fingerprint density at radius 3 is 1.92 bits per heavy atom. The number of likely N-dealkylation sites (tertiary alicyclic amines) is 1. The molecule has 1 fully saturated rings. The zero-order valence-corrected chi connectivity index (χ0v) is 28.5. The van der Waals surface area contributed by atoms with Crippen molar-refractivity contribution in [2.75, 3.05) is 0 Å². The molecular weight excluding hydrogens is 687 g/mol. The summed E-state index contributed by atoms with van der Waals surface area (Å²) in [4.78, 5) is 53.0. The highest BCUT2D eigenvalue weighted by Gasteiger charge is 2.48. The molecule has 0 spiro atoms. The lowest BCUT2D eigenvalue weighted by Gasteiger charge is -2.44. The molecule has 1 aliphatic rings. The molecule has 1 N–H and O–H groups in total. The molecule has 0 aliphatic carbocycles. The zero-order valence-electron chi connectivity index (χ0n) is 26.8. The van der Waals surface area contributed by atoms with Crippen molar-refractivity contribution in [2.24, 2.45) is 0 Å². The molecule has 1 aliphatic heterocycles. The Bertz CT molecular complexity index is 2220. The molecule has 0 bridgehead atoms. The van der Waals surface area contributed by atoms with Gasteiger partial charge in [0.05, 0.1) is 22.3 Å². The molecule has 1 aromatic heterocycles. The van der Waals surface area contributed by atoms with Crippen LogP contribution in [0.1, 0.15) is 22.3 Å². The minimum absolute atomic E-state index is 0.0883. The van der Waals surface area contributed by atoms with Gasteiger partial charge in [-0.25, -0.2) is 9.59 Å². The predicted octanol–water partition coefficient (Wildman–Crippen LogP) is 6.56. The number of carbonyl (C=O) groups is 3. The highest BCUT2D eigenvalue weighted by molar-refractivity contribution is 8.00. The Balaban J connectivity index is 1.43. The number of aromatic carboxylic acids is 1. The van der Waals surface area contributed by atoms with Crippen LogP contribution in [0.2, 0.25) is 0 Å². The van der Waals surface area contributed by atoms with Crippen molar-refractivity contribution < 1.29 is 33.6 Å². The van der Waals surface area contributed by atoms with Gasteiger partial charge in [-0.05, 0) is 51.8 Å². The van der Waals surface area contributed by atoms with Gasteiger partial charge in [-0.2, -0.15) is 0 Å². The van der Waals surface area contributed by atoms with Crippen molar-refractivity contribution in [1.82, 2.24) is 4.90 Å². The van der Waals surface area contributed by atoms with Gasteiger partial charge in [-0.15, -0.1) is 0 Å². The number of carboxylic acid groups (broad SMARTS) is 1. The summed E-state index contributed by atoms with van der Waals surface area (Å²) in [5.74, 6) is -2.09. The second-order valence-electron chi connectivity index (χ2n) is 11.6. The predicted molar refractivity (Wildman–Crippen MR) is 197 cm³/mol. The molecule has 10 nitrogen and oxygen atoms in total. The molecule has 0 saturated carbocycles. The van der Waals surface area contributed by atoms with Crippen LogP contribution in [0, 0.1) is 10.1 Å². The number of nitrogens with zero attached hydrogens (tertiary/aromatic N) is 2. The Labute approximate surface area is 296 Å². The van der Waals surface area contributed by atoms with Crippen LogP contribution in [0.3, 0.4) is 0 Å². The Morgan fingerprint density at radius 1 is 0.843 bits per heavy atom. The molecule has 2 heterocycles. The fourth-order valence-corrected chi connectivity index (χ4v) is 11.9. The van der Waals surface area contributed by atoms with Gasteiger partial charge in [-0.1, -0.05) is 109 Å². The number of esters is 1. The van der Waals surface area contributed by atoms with Crippen molar-refractivity contribution in [3.05, 3.63) is 161 Å². The van der Waals surface area contributed by atoms with E-state index in [-0.39, 0.29) is 35.6 Å². The first-order chi connectivity index (χ1) is 24.8. The van der Waals surface area contributed by atoms with Crippen LogP contribution in [0.25, 0.3) is 11.0 Å². The topological polar surface area (TPSA) is 140 Å². The number of fused-ring (bicyclic) bond motifs is 1. The van der Waals surface area contributed by atoms with Crippen molar-refractivity contribution in [3.63, 3.8) is 0 Å². The molecule has 6 aromatic rings. The first-order valence-corrected chi connectivity index (χ1v) is 18.5. The fourth-order valence-electron chi connectivity index (χ4n) is 6.25. The van der Waals surface area contributed by atoms with Gasteiger partial charge >= 0.3 is 11.9 Å². The molecule has 5 aromatic carbocycles. The quantitative estimate of drug-likeness (QED) is 0.0519. The normalized spacial score (nSPS) is 14.2. The lowest BCUT2D eigenvalue weighted by atomic mass is 10.1. The number of furan rings is 1. The van der Waals surface area contributed by atoms with Gasteiger partial charge in [0.1, 0.15) is 17.6 Å². The summed E-state index contributed by atoms with van der Waals surface area (Å²) in [5.41, 5.74) is 1.10. The maximum atomic E-state index is 14.9. The van der Waals surface area contributed by atoms with Gasteiger partial charge < -0.3 is 14.3 Å². The van der Waals surface area contributed by atoms with E-state index in [4.69, 9.17) is 9.15 Å². The molecular formula is C39H29N2O8PS. The third-order valence-electron chi connectivity index (χ3n) is 8.60. The number of carbonyl (C=O) groups excluding carboxylic acids is 2. The van der Waals surface area contributed by atoms with E-state index in [2.05, 4.69) is 0 Å². The average Bonchev–Trinajstić information content (AvgIpc) is 3.58. The molecule has 12 heteroatoms. The lowest BCUT2D eigenvalue weighted by Crippen LogP contribution is -2.58. The zero-order chi connectivity index (χ0) is 35.5. The number of non-ortho nitro benzene ring substituents is 1. The van der Waals surface area contributed by atoms with Crippen LogP contribution >= 0.6 is 18.6 Å². The molecule has 1 saturated heterocycles. The van der Waals surface area contributed by atoms with Crippen molar-refractivity contribution in [1.29, 1.82) is 0 Å². The van der Waals surface area contributed by atoms with Gasteiger partial charge in [0.15, 0.2) is 5.09 Å². The highest BCUT2D eigenvalue weighted by atomic mass is 32.2. The summed E-state index contributed by atoms with van der Waals surface area (Å²) >= 11 is 1.23. The van der Waals surface area contributed by atoms with E-state index in [0.717, 1.165) is 15.9 Å². The maximum Gasteiger partial charge on any atom is 0.356 e. The number of hydrogen-bond acceptors (Lipinski definition) is 8. The van der Waals surface area contributed by atoms with Crippen molar-refractivity contribution in [2.45, 2.75) is 23.5 Å². The number of thioether (sulfide) groups is 1. The number of ether oxygens (including phenoxy) is 1. The molecule has 1 amide bonds. The maximum absolute atomic E-state index is 14.9. The fraction of sp³-hybridized carbons (Fsp3) is 0.0769. The van der Waals surface area contributed by atoms with E-state index in [9.17, 15) is 29.6 Å². The highest BCUT2D eigenvalue weighted by Crippen LogP contribution is 2.50. The molecule has 0 radical (unpaired) electrons. The SMILES string of the molecule is O=C(OCc1ccc([N+](=O)[O-])cc1)C(N1C(=O)CC1Sc1cc2c(C(=O)O)cccc2o1)=P(c1ccccc1)(c1ccccc1)c1ccccc1. The van der Waals surface area contributed by atoms with Crippen LogP contribution in [-0.4, -0.2) is 43.6 Å². The summed E-state index contributed by atoms with van der Waals surface area (Å²) < 4.78 is 12.1. The Hall–Kier alpha value is -5.90. The van der Waals surface area contributed by atoms with E-state index in [0.29, 0.717) is 21.6 Å². The van der Waals surface area contributed by atoms with Crippen molar-refractivity contribution >= 4 is 74.5 Å². The summed E-state index contributed by atoms with van der Waals surface area (Å²) in [5, 5.41) is 23.7. The van der Waals surface area contributed by atoms with Crippen LogP contribution in [0.4, 0.5) is 5.69 Å². The smallest absolute Gasteiger partial charge is 0.356 e. The third-order valence-corrected chi connectivity index (χ3v) is 13.9. The van der Waals surface area contributed by atoms with Crippen LogP contribution in [-0.2, 0) is 20.9 Å². The van der Waals surface area contributed by atoms with Crippen molar-refractivity contribution in [3.8, 4) is 0 Å². The minimum atomic E-state index is -3.18. The standard InChI is InChI=1S/C39H29N2O8PS/c42-34-24-35(51-36-23-32-31(38(43)44)17-10-18-33(32)49-36)40(34)37(39(45)48-25-26-19-21-27(22-20-26)41(46)47)50(28-11-4-1-5-12-28,29-13-6-2-7-14-29)30-15-8-3-9-16-30/h1-23,35H,24-25H2,(H,43,44). The summed E-state index contributed by atoms with van der Waals surface area (Å²) in [6.07, 6.45) is 0.0883. The molecule has 1 unspecified atom stereocenters. The van der Waals surface area contributed by atoms with Gasteiger partial charge in [0, 0.05) is 24.4 Å². The first-order valence-electron chi connectivity index (χ1n) is 15.9. The van der Waals surface area contributed by atoms with Gasteiger partial charge in [-0.3, -0.25) is 19.8 Å². The monoisotopic (exact) mass is 716 g/mol. The first kappa shape index (κ1) is 33.6. The Morgan fingerprint density at radius 2 is 1.41 bits per heavy atom. The van der Waals surface area contributed by atoms with Gasteiger partial charge in [0.2, 0.25) is 5.91 Å². The van der Waals surface area contributed by atoms with E-state index in [1.807, 2.05) is 91.0 Å². The van der Waals surface area contributed by atoms with Gasteiger partial charge in [0.25, 0.3) is 5.69 Å². The van der Waals surface area contributed by atoms with Crippen LogP contribution in [0.5, 0.6) is 0 Å². The second-order valence-corrected chi connectivity index (χ2v) is 16.1. The molecule has 254 valence electrons. The number of β-lactam (4-membered cyclic amide) rings is 1. The number of nitro groups is 1. The number of hydrogen-bond donors (Lipinski definition) is 1. The average molecular weight is 717 g/mol. The van der Waals surface area contributed by atoms with Crippen LogP contribution < -0.4 is 15.9 Å². The third kappa shape index (κ3) is 6.33. The minimum Gasteiger partial charge on any atom is -0.478 e. The number of amides is 1. The van der Waals surface area contributed by atoms with Crippen LogP contribution in [0.15, 0.2) is 149 Å². The molecule has 1 atom stereocenters. The largest absolute Gasteiger partial charge is 0.478 e. The molecule has 7 rings (SSSR count). The number of rotatable bonds is 11. The summed E-state index contributed by atoms with van der Waals surface area (Å²) in [7, 11) is 0.